The lowest BCUT2D eigenvalue weighted by molar-refractivity contribution is -0.145. The van der Waals surface area contributed by atoms with Gasteiger partial charge < -0.3 is 37.9 Å². The second-order valence-electron chi connectivity index (χ2n) is 8.73. The van der Waals surface area contributed by atoms with Gasteiger partial charge in [-0.15, -0.1) is 0 Å². The van der Waals surface area contributed by atoms with E-state index in [1.165, 1.54) is 38.5 Å². The van der Waals surface area contributed by atoms with Crippen molar-refractivity contribution in [1.29, 1.82) is 0 Å². The summed E-state index contributed by atoms with van der Waals surface area (Å²) in [6.45, 7) is 12.3. The molecule has 0 fully saturated rings. The quantitative estimate of drug-likeness (QED) is 0.0904. The molecule has 0 aromatic rings. The third-order valence-electron chi connectivity index (χ3n) is 5.35. The first-order chi connectivity index (χ1) is 18.3. The standard InChI is InChI=1S/C28H56O9/c1-3-5-7-8-9-10-12-28(29)37-27-26-36-25-24-35-23-22-34-21-20-33-19-18-32-17-16-31-15-14-30-13-11-6-4-2/h3-27H2,1-2H3. The fourth-order valence-electron chi connectivity index (χ4n) is 3.21. The summed E-state index contributed by atoms with van der Waals surface area (Å²) in [6, 6.07) is 0. The fraction of sp³-hybridized carbons (Fsp3) is 0.964. The highest BCUT2D eigenvalue weighted by Gasteiger charge is 2.02. The molecule has 0 saturated heterocycles. The molecule has 0 rings (SSSR count). The van der Waals surface area contributed by atoms with Crippen LogP contribution in [0.1, 0.15) is 78.1 Å². The van der Waals surface area contributed by atoms with Crippen LogP contribution < -0.4 is 0 Å². The summed E-state index contributed by atoms with van der Waals surface area (Å²) in [7, 11) is 0. The van der Waals surface area contributed by atoms with Gasteiger partial charge in [0.05, 0.1) is 85.9 Å². The zero-order chi connectivity index (χ0) is 26.9. The van der Waals surface area contributed by atoms with Gasteiger partial charge in [0.25, 0.3) is 0 Å². The first-order valence-electron chi connectivity index (χ1n) is 14.5. The summed E-state index contributed by atoms with van der Waals surface area (Å²) in [4.78, 5) is 11.6. The van der Waals surface area contributed by atoms with Crippen molar-refractivity contribution in [2.45, 2.75) is 78.1 Å². The average Bonchev–Trinajstić information content (AvgIpc) is 2.90. The first-order valence-corrected chi connectivity index (χ1v) is 14.5. The Balaban J connectivity index is 3.09. The second-order valence-corrected chi connectivity index (χ2v) is 8.73. The van der Waals surface area contributed by atoms with Crippen molar-refractivity contribution < 1.29 is 42.7 Å². The number of rotatable bonds is 32. The lowest BCUT2D eigenvalue weighted by atomic mass is 10.1. The van der Waals surface area contributed by atoms with Crippen molar-refractivity contribution in [3.63, 3.8) is 0 Å². The van der Waals surface area contributed by atoms with Crippen LogP contribution in [0.15, 0.2) is 0 Å². The minimum Gasteiger partial charge on any atom is -0.463 e. The summed E-state index contributed by atoms with van der Waals surface area (Å²) in [5, 5.41) is 0. The van der Waals surface area contributed by atoms with Gasteiger partial charge in [0, 0.05) is 13.0 Å². The molecule has 0 bridgehead atoms. The van der Waals surface area contributed by atoms with Crippen LogP contribution >= 0.6 is 0 Å². The van der Waals surface area contributed by atoms with E-state index in [2.05, 4.69) is 13.8 Å². The molecular formula is C28H56O9. The topological polar surface area (TPSA) is 90.9 Å². The lowest BCUT2D eigenvalue weighted by Gasteiger charge is -2.09. The number of hydrogen-bond donors (Lipinski definition) is 0. The lowest BCUT2D eigenvalue weighted by Crippen LogP contribution is -2.15. The number of hydrogen-bond acceptors (Lipinski definition) is 9. The first kappa shape index (κ1) is 36.2. The van der Waals surface area contributed by atoms with Crippen LogP contribution in [0.25, 0.3) is 0 Å². The number of ether oxygens (including phenoxy) is 8. The highest BCUT2D eigenvalue weighted by molar-refractivity contribution is 5.69. The SMILES string of the molecule is CCCCCCCCC(=O)OCCOCCOCCOCCOCCOCCOCCOCCCCC. The summed E-state index contributed by atoms with van der Waals surface area (Å²) in [5.74, 6) is -0.136. The van der Waals surface area contributed by atoms with Crippen LogP contribution in [-0.4, -0.2) is 105 Å². The van der Waals surface area contributed by atoms with Crippen molar-refractivity contribution >= 4 is 5.97 Å². The molecule has 0 atom stereocenters. The Morgan fingerprint density at radius 3 is 1.14 bits per heavy atom. The van der Waals surface area contributed by atoms with Gasteiger partial charge in [-0.05, 0) is 12.8 Å². The average molecular weight is 537 g/mol. The molecule has 9 nitrogen and oxygen atoms in total. The molecular weight excluding hydrogens is 480 g/mol. The summed E-state index contributed by atoms with van der Waals surface area (Å²) < 4.78 is 43.3. The molecule has 0 unspecified atom stereocenters. The fourth-order valence-corrected chi connectivity index (χ4v) is 3.21. The van der Waals surface area contributed by atoms with Gasteiger partial charge in [0.15, 0.2) is 0 Å². The molecule has 37 heavy (non-hydrogen) atoms. The van der Waals surface area contributed by atoms with Crippen molar-refractivity contribution in [2.24, 2.45) is 0 Å². The smallest absolute Gasteiger partial charge is 0.305 e. The van der Waals surface area contributed by atoms with Gasteiger partial charge in [-0.1, -0.05) is 58.8 Å². The van der Waals surface area contributed by atoms with Gasteiger partial charge in [-0.3, -0.25) is 4.79 Å². The maximum atomic E-state index is 11.6. The molecule has 0 aliphatic rings. The van der Waals surface area contributed by atoms with E-state index in [9.17, 15) is 4.79 Å². The summed E-state index contributed by atoms with van der Waals surface area (Å²) in [5.41, 5.74) is 0. The van der Waals surface area contributed by atoms with E-state index in [1.807, 2.05) is 0 Å². The van der Waals surface area contributed by atoms with Crippen LogP contribution in [0, 0.1) is 0 Å². The van der Waals surface area contributed by atoms with Crippen molar-refractivity contribution in [1.82, 2.24) is 0 Å². The van der Waals surface area contributed by atoms with E-state index >= 15 is 0 Å². The zero-order valence-corrected chi connectivity index (χ0v) is 23.9. The third kappa shape index (κ3) is 33.2. The molecule has 0 saturated carbocycles. The maximum absolute atomic E-state index is 11.6. The van der Waals surface area contributed by atoms with Gasteiger partial charge in [0.1, 0.15) is 6.61 Å². The van der Waals surface area contributed by atoms with E-state index in [1.54, 1.807) is 0 Å². The molecule has 0 spiro atoms. The maximum Gasteiger partial charge on any atom is 0.305 e. The zero-order valence-electron chi connectivity index (χ0n) is 23.9. The van der Waals surface area contributed by atoms with Gasteiger partial charge in [0.2, 0.25) is 0 Å². The Morgan fingerprint density at radius 2 is 0.703 bits per heavy atom. The predicted octanol–water partition coefficient (Wildman–Crippen LogP) is 4.59. The Labute approximate surface area is 226 Å². The van der Waals surface area contributed by atoms with E-state index in [4.69, 9.17) is 37.9 Å². The molecule has 0 heterocycles. The Morgan fingerprint density at radius 1 is 0.378 bits per heavy atom. The third-order valence-corrected chi connectivity index (χ3v) is 5.35. The molecule has 0 radical (unpaired) electrons. The molecule has 0 aromatic heterocycles. The Bertz CT molecular complexity index is 438. The number of esters is 1. The summed E-state index contributed by atoms with van der Waals surface area (Å²) >= 11 is 0. The van der Waals surface area contributed by atoms with Crippen LogP contribution in [0.5, 0.6) is 0 Å². The second kappa shape index (κ2) is 33.2. The molecule has 9 heteroatoms. The molecule has 222 valence electrons. The van der Waals surface area contributed by atoms with Crippen LogP contribution in [-0.2, 0) is 42.7 Å². The minimum absolute atomic E-state index is 0.136. The van der Waals surface area contributed by atoms with Crippen molar-refractivity contribution in [3.05, 3.63) is 0 Å². The van der Waals surface area contributed by atoms with E-state index < -0.39 is 0 Å². The molecule has 0 aliphatic heterocycles. The monoisotopic (exact) mass is 536 g/mol. The van der Waals surface area contributed by atoms with Gasteiger partial charge in [-0.25, -0.2) is 0 Å². The molecule has 0 N–H and O–H groups in total. The minimum atomic E-state index is -0.136. The molecule has 0 amide bonds. The van der Waals surface area contributed by atoms with Crippen molar-refractivity contribution in [2.75, 3.05) is 99.1 Å². The predicted molar refractivity (Wildman–Crippen MR) is 144 cm³/mol. The van der Waals surface area contributed by atoms with Gasteiger partial charge in [-0.2, -0.15) is 0 Å². The molecule has 0 aliphatic carbocycles. The Kier molecular flexibility index (Phi) is 32.5. The number of carbonyl (C=O) groups excluding carboxylic acids is 1. The van der Waals surface area contributed by atoms with Crippen molar-refractivity contribution in [3.8, 4) is 0 Å². The number of carbonyl (C=O) groups is 1. The van der Waals surface area contributed by atoms with Gasteiger partial charge >= 0.3 is 5.97 Å². The summed E-state index contributed by atoms with van der Waals surface area (Å²) in [6.07, 6.45) is 11.0. The van der Waals surface area contributed by atoms with Crippen LogP contribution in [0.4, 0.5) is 0 Å². The normalized spacial score (nSPS) is 11.3. The van der Waals surface area contributed by atoms with Crippen LogP contribution in [0.3, 0.4) is 0 Å². The number of unbranched alkanes of at least 4 members (excludes halogenated alkanes) is 7. The highest BCUT2D eigenvalue weighted by atomic mass is 16.6. The largest absolute Gasteiger partial charge is 0.463 e. The highest BCUT2D eigenvalue weighted by Crippen LogP contribution is 2.07. The van der Waals surface area contributed by atoms with E-state index in [0.29, 0.717) is 98.9 Å². The van der Waals surface area contributed by atoms with Crippen LogP contribution in [0.2, 0.25) is 0 Å². The van der Waals surface area contributed by atoms with E-state index in [0.717, 1.165) is 25.9 Å². The molecule has 0 aromatic carbocycles. The Hall–Kier alpha value is -0.810. The van der Waals surface area contributed by atoms with E-state index in [-0.39, 0.29) is 5.97 Å².